The van der Waals surface area contributed by atoms with Gasteiger partial charge in [0, 0.05) is 32.7 Å². The number of halogens is 3. The van der Waals surface area contributed by atoms with Crippen LogP contribution in [0.1, 0.15) is 5.56 Å². The van der Waals surface area contributed by atoms with Gasteiger partial charge in [0.2, 0.25) is 0 Å². The molecular formula is C15H15BrClFN2O2S2. The Morgan fingerprint density at radius 1 is 1.17 bits per heavy atom. The predicted molar refractivity (Wildman–Crippen MR) is 97.5 cm³/mol. The molecule has 4 nitrogen and oxygen atoms in total. The minimum Gasteiger partial charge on any atom is -0.296 e. The maximum atomic E-state index is 13.2. The fourth-order valence-electron chi connectivity index (χ4n) is 2.59. The lowest BCUT2D eigenvalue weighted by atomic mass is 10.2. The number of hydrogen-bond donors (Lipinski definition) is 0. The molecule has 1 fully saturated rings. The first-order valence-corrected chi connectivity index (χ1v) is 10.7. The van der Waals surface area contributed by atoms with Crippen molar-refractivity contribution in [2.75, 3.05) is 26.2 Å². The Morgan fingerprint density at radius 2 is 1.88 bits per heavy atom. The molecule has 1 saturated heterocycles. The second-order valence-corrected chi connectivity index (χ2v) is 10.5. The van der Waals surface area contributed by atoms with Crippen molar-refractivity contribution in [1.82, 2.24) is 9.21 Å². The Kier molecular flexibility index (Phi) is 5.63. The summed E-state index contributed by atoms with van der Waals surface area (Å²) in [4.78, 5) is 2.14. The fourth-order valence-corrected chi connectivity index (χ4v) is 6.38. The summed E-state index contributed by atoms with van der Waals surface area (Å²) in [7, 11) is -3.43. The summed E-state index contributed by atoms with van der Waals surface area (Å²) in [5.74, 6) is -0.432. The van der Waals surface area contributed by atoms with Crippen molar-refractivity contribution in [2.24, 2.45) is 0 Å². The highest BCUT2D eigenvalue weighted by Crippen LogP contribution is 2.29. The number of sulfonamides is 1. The third-order valence-corrected chi connectivity index (χ3v) is 8.14. The maximum absolute atomic E-state index is 13.2. The molecule has 0 aliphatic carbocycles. The first-order chi connectivity index (χ1) is 11.4. The van der Waals surface area contributed by atoms with Gasteiger partial charge in [-0.05, 0) is 45.8 Å². The lowest BCUT2D eigenvalue weighted by Gasteiger charge is -2.33. The molecule has 2 aromatic rings. The Balaban J connectivity index is 1.62. The lowest BCUT2D eigenvalue weighted by molar-refractivity contribution is 0.181. The van der Waals surface area contributed by atoms with Crippen LogP contribution in [0.25, 0.3) is 0 Å². The van der Waals surface area contributed by atoms with Gasteiger partial charge in [0.1, 0.15) is 10.0 Å². The van der Waals surface area contributed by atoms with Crippen LogP contribution in [0.5, 0.6) is 0 Å². The molecule has 1 aliphatic rings. The summed E-state index contributed by atoms with van der Waals surface area (Å²) >= 11 is 10.3. The molecule has 24 heavy (non-hydrogen) atoms. The highest BCUT2D eigenvalue weighted by molar-refractivity contribution is 9.11. The van der Waals surface area contributed by atoms with Crippen molar-refractivity contribution in [1.29, 1.82) is 0 Å². The van der Waals surface area contributed by atoms with Crippen LogP contribution in [-0.4, -0.2) is 43.8 Å². The van der Waals surface area contributed by atoms with Gasteiger partial charge >= 0.3 is 0 Å². The summed E-state index contributed by atoms with van der Waals surface area (Å²) in [6.07, 6.45) is 0. The van der Waals surface area contributed by atoms with Crippen molar-refractivity contribution < 1.29 is 12.8 Å². The van der Waals surface area contributed by atoms with Gasteiger partial charge in [-0.1, -0.05) is 17.7 Å². The van der Waals surface area contributed by atoms with E-state index < -0.39 is 15.8 Å². The van der Waals surface area contributed by atoms with E-state index in [0.717, 1.165) is 9.35 Å². The molecule has 0 saturated carbocycles. The van der Waals surface area contributed by atoms with Crippen LogP contribution in [0.3, 0.4) is 0 Å². The number of thiophene rings is 1. The molecule has 0 radical (unpaired) electrons. The number of hydrogen-bond acceptors (Lipinski definition) is 4. The van der Waals surface area contributed by atoms with Crippen molar-refractivity contribution in [3.05, 3.63) is 50.5 Å². The first kappa shape index (κ1) is 18.3. The van der Waals surface area contributed by atoms with Crippen LogP contribution < -0.4 is 0 Å². The highest BCUT2D eigenvalue weighted by Gasteiger charge is 2.29. The van der Waals surface area contributed by atoms with Crippen molar-refractivity contribution in [2.45, 2.75) is 10.8 Å². The first-order valence-electron chi connectivity index (χ1n) is 7.28. The van der Waals surface area contributed by atoms with E-state index in [1.807, 2.05) is 0 Å². The zero-order chi connectivity index (χ0) is 17.3. The molecule has 1 aromatic heterocycles. The molecule has 0 unspecified atom stereocenters. The predicted octanol–water partition coefficient (Wildman–Crippen LogP) is 3.81. The molecule has 1 aliphatic heterocycles. The lowest BCUT2D eigenvalue weighted by Crippen LogP contribution is -2.48. The van der Waals surface area contributed by atoms with Gasteiger partial charge in [-0.25, -0.2) is 12.8 Å². The van der Waals surface area contributed by atoms with Crippen LogP contribution in [0.15, 0.2) is 38.3 Å². The maximum Gasteiger partial charge on any atom is 0.252 e. The third kappa shape index (κ3) is 4.00. The Morgan fingerprint density at radius 3 is 2.46 bits per heavy atom. The molecule has 3 rings (SSSR count). The average molecular weight is 454 g/mol. The fraction of sp³-hybridized carbons (Fsp3) is 0.333. The van der Waals surface area contributed by atoms with Crippen LogP contribution >= 0.6 is 38.9 Å². The van der Waals surface area contributed by atoms with E-state index >= 15 is 0 Å². The largest absolute Gasteiger partial charge is 0.296 e. The van der Waals surface area contributed by atoms with Crippen LogP contribution in [0.2, 0.25) is 5.02 Å². The Bertz CT molecular complexity index is 836. The van der Waals surface area contributed by atoms with E-state index in [4.69, 9.17) is 11.6 Å². The van der Waals surface area contributed by atoms with Crippen LogP contribution in [-0.2, 0) is 16.6 Å². The van der Waals surface area contributed by atoms with Gasteiger partial charge in [-0.3, -0.25) is 4.90 Å². The van der Waals surface area contributed by atoms with E-state index in [1.165, 1.54) is 21.7 Å². The molecule has 9 heteroatoms. The van der Waals surface area contributed by atoms with Gasteiger partial charge in [-0.15, -0.1) is 11.3 Å². The zero-order valence-corrected chi connectivity index (χ0v) is 16.6. The van der Waals surface area contributed by atoms with Gasteiger partial charge in [0.05, 0.1) is 8.81 Å². The van der Waals surface area contributed by atoms with Crippen molar-refractivity contribution >= 4 is 48.9 Å². The zero-order valence-electron chi connectivity index (χ0n) is 12.6. The second-order valence-electron chi connectivity index (χ2n) is 5.49. The highest BCUT2D eigenvalue weighted by atomic mass is 79.9. The molecule has 0 N–H and O–H groups in total. The summed E-state index contributed by atoms with van der Waals surface area (Å²) in [6, 6.07) is 8.03. The summed E-state index contributed by atoms with van der Waals surface area (Å²) in [5.41, 5.74) is 0.917. The standard InChI is InChI=1S/C15H15BrClFN2O2S2/c16-14-3-4-15(23-14)24(21,22)20-7-5-19(6-8-20)10-11-1-2-13(18)12(17)9-11/h1-4,9H,5-8,10H2. The van der Waals surface area contributed by atoms with Gasteiger partial charge < -0.3 is 0 Å². The van der Waals surface area contributed by atoms with Gasteiger partial charge in [0.15, 0.2) is 0 Å². The van der Waals surface area contributed by atoms with Crippen molar-refractivity contribution in [3.63, 3.8) is 0 Å². The average Bonchev–Trinajstić information content (AvgIpc) is 2.99. The molecule has 0 spiro atoms. The van der Waals surface area contributed by atoms with Crippen LogP contribution in [0.4, 0.5) is 4.39 Å². The quantitative estimate of drug-likeness (QED) is 0.707. The molecular weight excluding hydrogens is 439 g/mol. The minimum atomic E-state index is -3.43. The third-order valence-electron chi connectivity index (χ3n) is 3.86. The Hall–Kier alpha value is -0.510. The topological polar surface area (TPSA) is 40.6 Å². The van der Waals surface area contributed by atoms with E-state index in [9.17, 15) is 12.8 Å². The van der Waals surface area contributed by atoms with E-state index in [1.54, 1.807) is 24.3 Å². The molecule has 2 heterocycles. The smallest absolute Gasteiger partial charge is 0.252 e. The summed E-state index contributed by atoms with van der Waals surface area (Å²) in [6.45, 7) is 2.75. The van der Waals surface area contributed by atoms with E-state index in [2.05, 4.69) is 20.8 Å². The number of nitrogens with zero attached hydrogens (tertiary/aromatic N) is 2. The normalized spacial score (nSPS) is 17.3. The summed E-state index contributed by atoms with van der Waals surface area (Å²) in [5, 5.41) is 0.108. The number of piperazine rings is 1. The number of rotatable bonds is 4. The molecule has 1 aromatic carbocycles. The molecule has 0 bridgehead atoms. The molecule has 0 atom stereocenters. The van der Waals surface area contributed by atoms with Gasteiger partial charge in [0.25, 0.3) is 10.0 Å². The SMILES string of the molecule is O=S(=O)(c1ccc(Br)s1)N1CCN(Cc2ccc(F)c(Cl)c2)CC1. The second kappa shape index (κ2) is 7.39. The number of benzene rings is 1. The van der Waals surface area contributed by atoms with Crippen molar-refractivity contribution in [3.8, 4) is 0 Å². The summed E-state index contributed by atoms with van der Waals surface area (Å²) < 4.78 is 41.0. The van der Waals surface area contributed by atoms with E-state index in [-0.39, 0.29) is 5.02 Å². The molecule has 0 amide bonds. The Labute approximate surface area is 158 Å². The van der Waals surface area contributed by atoms with Crippen LogP contribution in [0, 0.1) is 5.82 Å². The monoisotopic (exact) mass is 452 g/mol. The minimum absolute atomic E-state index is 0.108. The molecule has 130 valence electrons. The van der Waals surface area contributed by atoms with Gasteiger partial charge in [-0.2, -0.15) is 4.31 Å². The van der Waals surface area contributed by atoms with E-state index in [0.29, 0.717) is 36.9 Å².